The van der Waals surface area contributed by atoms with E-state index in [1.54, 1.807) is 12.1 Å². The Bertz CT molecular complexity index is 972. The van der Waals surface area contributed by atoms with E-state index in [-0.39, 0.29) is 12.2 Å². The molecule has 28 heavy (non-hydrogen) atoms. The molecule has 7 heteroatoms. The topological polar surface area (TPSA) is 83.4 Å². The van der Waals surface area contributed by atoms with Gasteiger partial charge in [-0.2, -0.15) is 0 Å². The Morgan fingerprint density at radius 2 is 1.93 bits per heavy atom. The van der Waals surface area contributed by atoms with E-state index >= 15 is 0 Å². The smallest absolute Gasteiger partial charge is 0.329 e. The van der Waals surface area contributed by atoms with Crippen molar-refractivity contribution in [1.29, 1.82) is 0 Å². The van der Waals surface area contributed by atoms with Crippen LogP contribution < -0.4 is 10.6 Å². The number of urea groups is 1. The molecule has 3 rings (SSSR count). The van der Waals surface area contributed by atoms with E-state index in [0.717, 1.165) is 21.7 Å². The highest BCUT2D eigenvalue weighted by atomic mass is 16.2. The second-order valence-corrected chi connectivity index (χ2v) is 7.16. The van der Waals surface area contributed by atoms with E-state index in [9.17, 15) is 14.4 Å². The number of carbonyl (C=O) groups excluding carboxylic acids is 3. The molecule has 2 N–H and O–H groups in total. The average Bonchev–Trinajstić information content (AvgIpc) is 3.12. The molecule has 1 fully saturated rings. The Morgan fingerprint density at radius 1 is 1.21 bits per heavy atom. The van der Waals surface area contributed by atoms with Gasteiger partial charge < -0.3 is 15.2 Å². The van der Waals surface area contributed by atoms with Gasteiger partial charge in [0.1, 0.15) is 12.2 Å². The van der Waals surface area contributed by atoms with E-state index in [1.807, 2.05) is 44.3 Å². The number of anilines is 1. The molecule has 0 unspecified atom stereocenters. The van der Waals surface area contributed by atoms with Gasteiger partial charge in [-0.05, 0) is 57.0 Å². The Labute approximate surface area is 164 Å². The molecular formula is C21H24N4O3. The summed E-state index contributed by atoms with van der Waals surface area (Å²) in [5.41, 5.74) is 3.60. The van der Waals surface area contributed by atoms with Gasteiger partial charge in [0.15, 0.2) is 0 Å². The van der Waals surface area contributed by atoms with Crippen molar-refractivity contribution in [3.05, 3.63) is 59.0 Å². The summed E-state index contributed by atoms with van der Waals surface area (Å²) >= 11 is 0. The fourth-order valence-corrected chi connectivity index (χ4v) is 3.18. The van der Waals surface area contributed by atoms with Crippen LogP contribution in [0.2, 0.25) is 0 Å². The highest BCUT2D eigenvalue weighted by molar-refractivity contribution is 6.15. The minimum Gasteiger partial charge on any atom is -0.349 e. The lowest BCUT2D eigenvalue weighted by Gasteiger charge is -2.13. The second-order valence-electron chi connectivity index (χ2n) is 7.16. The summed E-state index contributed by atoms with van der Waals surface area (Å²) in [6.45, 7) is 7.65. The maximum absolute atomic E-state index is 12.6. The summed E-state index contributed by atoms with van der Waals surface area (Å²) in [6, 6.07) is 8.96. The van der Waals surface area contributed by atoms with Crippen LogP contribution in [0.25, 0.3) is 6.08 Å². The number of nitrogens with one attached hydrogen (secondary N) is 2. The zero-order valence-electron chi connectivity index (χ0n) is 16.4. The third kappa shape index (κ3) is 3.98. The van der Waals surface area contributed by atoms with Gasteiger partial charge in [0, 0.05) is 23.6 Å². The van der Waals surface area contributed by atoms with Gasteiger partial charge in [-0.3, -0.25) is 9.59 Å². The third-order valence-electron chi connectivity index (χ3n) is 4.62. The van der Waals surface area contributed by atoms with E-state index < -0.39 is 17.8 Å². The van der Waals surface area contributed by atoms with Crippen molar-refractivity contribution in [3.8, 4) is 0 Å². The first-order valence-corrected chi connectivity index (χ1v) is 9.14. The predicted octanol–water partition coefficient (Wildman–Crippen LogP) is 3.22. The maximum atomic E-state index is 12.6. The summed E-state index contributed by atoms with van der Waals surface area (Å²) in [7, 11) is 0. The van der Waals surface area contributed by atoms with Crippen LogP contribution in [0.5, 0.6) is 0 Å². The van der Waals surface area contributed by atoms with Crippen molar-refractivity contribution in [3.63, 3.8) is 0 Å². The monoisotopic (exact) mass is 380 g/mol. The fraction of sp³-hybridized carbons (Fsp3) is 0.286. The summed E-state index contributed by atoms with van der Waals surface area (Å²) in [4.78, 5) is 38.0. The number of para-hydroxylation sites is 1. The van der Waals surface area contributed by atoms with E-state index in [1.165, 1.54) is 0 Å². The lowest BCUT2D eigenvalue weighted by Crippen LogP contribution is -2.38. The minimum absolute atomic E-state index is 0.162. The van der Waals surface area contributed by atoms with Crippen molar-refractivity contribution in [2.45, 2.75) is 33.7 Å². The Hall–Kier alpha value is -3.35. The largest absolute Gasteiger partial charge is 0.349 e. The molecule has 0 aliphatic carbocycles. The first-order chi connectivity index (χ1) is 13.3. The van der Waals surface area contributed by atoms with Crippen LogP contribution in [-0.4, -0.2) is 33.9 Å². The van der Waals surface area contributed by atoms with Gasteiger partial charge in [0.2, 0.25) is 5.91 Å². The minimum atomic E-state index is -0.601. The van der Waals surface area contributed by atoms with Crippen LogP contribution in [-0.2, 0) is 9.59 Å². The summed E-state index contributed by atoms with van der Waals surface area (Å²) in [5.74, 6) is -0.944. The maximum Gasteiger partial charge on any atom is 0.329 e. The van der Waals surface area contributed by atoms with Crippen LogP contribution in [0, 0.1) is 13.8 Å². The number of imide groups is 1. The van der Waals surface area contributed by atoms with Crippen LogP contribution in [0.1, 0.15) is 36.7 Å². The lowest BCUT2D eigenvalue weighted by molar-refractivity contribution is -0.127. The number of amides is 4. The number of aryl methyl sites for hydroxylation is 2. The van der Waals surface area contributed by atoms with Crippen LogP contribution in [0.4, 0.5) is 10.5 Å². The van der Waals surface area contributed by atoms with Gasteiger partial charge in [0.05, 0.1) is 0 Å². The molecule has 2 heterocycles. The number of benzene rings is 1. The van der Waals surface area contributed by atoms with Crippen LogP contribution in [0.15, 0.2) is 42.2 Å². The molecule has 7 nitrogen and oxygen atoms in total. The fourth-order valence-electron chi connectivity index (χ4n) is 3.18. The standard InChI is InChI=1S/C21H24N4O3/c1-13(2)24-11-16(9-15(24)4)10-18-20(27)25(21(28)23-18)12-19(26)22-17-8-6-5-7-14(17)3/h5-11,13H,12H2,1-4H3,(H,22,26)(H,23,28)/b18-10+. The zero-order chi connectivity index (χ0) is 20.4. The molecule has 146 valence electrons. The summed E-state index contributed by atoms with van der Waals surface area (Å²) in [5, 5.41) is 5.28. The van der Waals surface area contributed by atoms with Crippen LogP contribution in [0.3, 0.4) is 0 Å². The SMILES string of the molecule is Cc1ccccc1NC(=O)CN1C(=O)N/C(=C/c2cc(C)n(C(C)C)c2)C1=O. The average molecular weight is 380 g/mol. The van der Waals surface area contributed by atoms with Gasteiger partial charge in [-0.25, -0.2) is 9.69 Å². The molecule has 0 spiro atoms. The van der Waals surface area contributed by atoms with Crippen molar-refractivity contribution >= 4 is 29.6 Å². The van der Waals surface area contributed by atoms with Crippen LogP contribution >= 0.6 is 0 Å². The first-order valence-electron chi connectivity index (χ1n) is 9.14. The molecule has 0 bridgehead atoms. The van der Waals surface area contributed by atoms with Crippen molar-refractivity contribution < 1.29 is 14.4 Å². The number of carbonyl (C=O) groups is 3. The molecular weight excluding hydrogens is 356 g/mol. The van der Waals surface area contributed by atoms with Crippen molar-refractivity contribution in [1.82, 2.24) is 14.8 Å². The number of hydrogen-bond acceptors (Lipinski definition) is 3. The number of rotatable bonds is 5. The van der Waals surface area contributed by atoms with E-state index in [0.29, 0.717) is 11.7 Å². The van der Waals surface area contributed by atoms with Gasteiger partial charge >= 0.3 is 6.03 Å². The highest BCUT2D eigenvalue weighted by Gasteiger charge is 2.35. The normalized spacial score (nSPS) is 15.5. The molecule has 2 aromatic rings. The Balaban J connectivity index is 1.72. The van der Waals surface area contributed by atoms with E-state index in [4.69, 9.17) is 0 Å². The molecule has 1 aliphatic rings. The number of hydrogen-bond donors (Lipinski definition) is 2. The Morgan fingerprint density at radius 3 is 2.57 bits per heavy atom. The highest BCUT2D eigenvalue weighted by Crippen LogP contribution is 2.19. The molecule has 1 aliphatic heterocycles. The van der Waals surface area contributed by atoms with Gasteiger partial charge in [-0.15, -0.1) is 0 Å². The molecule has 0 radical (unpaired) electrons. The molecule has 1 saturated heterocycles. The second kappa shape index (κ2) is 7.72. The molecule has 0 atom stereocenters. The zero-order valence-corrected chi connectivity index (χ0v) is 16.4. The quantitative estimate of drug-likeness (QED) is 0.617. The molecule has 0 saturated carbocycles. The third-order valence-corrected chi connectivity index (χ3v) is 4.62. The number of aromatic nitrogens is 1. The van der Waals surface area contributed by atoms with E-state index in [2.05, 4.69) is 29.0 Å². The Kier molecular flexibility index (Phi) is 5.35. The lowest BCUT2D eigenvalue weighted by atomic mass is 10.2. The first kappa shape index (κ1) is 19.4. The van der Waals surface area contributed by atoms with Gasteiger partial charge in [-0.1, -0.05) is 18.2 Å². The summed E-state index contributed by atoms with van der Waals surface area (Å²) < 4.78 is 2.08. The number of nitrogens with zero attached hydrogens (tertiary/aromatic N) is 2. The van der Waals surface area contributed by atoms with Crippen molar-refractivity contribution in [2.24, 2.45) is 0 Å². The van der Waals surface area contributed by atoms with Gasteiger partial charge in [0.25, 0.3) is 5.91 Å². The molecule has 1 aromatic carbocycles. The molecule has 1 aromatic heterocycles. The predicted molar refractivity (Wildman–Crippen MR) is 108 cm³/mol. The van der Waals surface area contributed by atoms with Crippen molar-refractivity contribution in [2.75, 3.05) is 11.9 Å². The summed E-state index contributed by atoms with van der Waals surface area (Å²) in [6.07, 6.45) is 3.56. The molecule has 4 amide bonds.